The van der Waals surface area contributed by atoms with Gasteiger partial charge in [-0.2, -0.15) is 0 Å². The van der Waals surface area contributed by atoms with E-state index in [2.05, 4.69) is 39.8 Å². The lowest BCUT2D eigenvalue weighted by atomic mass is 10.0. The van der Waals surface area contributed by atoms with Gasteiger partial charge in [-0.1, -0.05) is 43.3 Å². The van der Waals surface area contributed by atoms with E-state index < -0.39 is 0 Å². The zero-order valence-corrected chi connectivity index (χ0v) is 12.7. The number of hydrogen-bond donors (Lipinski definition) is 2. The van der Waals surface area contributed by atoms with Crippen LogP contribution in [0.4, 0.5) is 4.79 Å². The van der Waals surface area contributed by atoms with Gasteiger partial charge in [0.25, 0.3) is 0 Å². The molecule has 21 heavy (non-hydrogen) atoms. The number of amides is 2. The fraction of sp³-hybridized carbons (Fsp3) is 0.471. The van der Waals surface area contributed by atoms with Crippen LogP contribution in [-0.4, -0.2) is 30.1 Å². The molecule has 1 aliphatic rings. The molecule has 1 heterocycles. The van der Waals surface area contributed by atoms with Gasteiger partial charge >= 0.3 is 6.03 Å². The standard InChI is InChI=1S/C17H25N3O/c1-2-3-11-18-17(21)19-16-9-12-20(13-10-16)14-15-7-5-4-6-8-15/h3-8,11,16H,2,9-10,12-14H2,1H3,(H2,18,19,21)/b11-3+. The van der Waals surface area contributed by atoms with Crippen molar-refractivity contribution in [2.24, 2.45) is 0 Å². The summed E-state index contributed by atoms with van der Waals surface area (Å²) in [5.74, 6) is 0. The number of carbonyl (C=O) groups excluding carboxylic acids is 1. The van der Waals surface area contributed by atoms with Crippen LogP contribution in [-0.2, 0) is 6.54 Å². The van der Waals surface area contributed by atoms with Crippen molar-refractivity contribution in [1.29, 1.82) is 0 Å². The van der Waals surface area contributed by atoms with Crippen LogP contribution in [0.2, 0.25) is 0 Å². The average Bonchev–Trinajstić information content (AvgIpc) is 2.51. The highest BCUT2D eigenvalue weighted by molar-refractivity contribution is 5.75. The number of likely N-dealkylation sites (tertiary alicyclic amines) is 1. The van der Waals surface area contributed by atoms with Crippen molar-refractivity contribution < 1.29 is 4.79 Å². The van der Waals surface area contributed by atoms with Crippen LogP contribution in [0.25, 0.3) is 0 Å². The van der Waals surface area contributed by atoms with Crippen molar-refractivity contribution in [3.05, 3.63) is 48.2 Å². The number of nitrogens with one attached hydrogen (secondary N) is 2. The predicted octanol–water partition coefficient (Wildman–Crippen LogP) is 2.87. The molecule has 0 radical (unpaired) electrons. The van der Waals surface area contributed by atoms with E-state index in [1.807, 2.05) is 19.1 Å². The van der Waals surface area contributed by atoms with Gasteiger partial charge < -0.3 is 10.6 Å². The molecule has 2 N–H and O–H groups in total. The number of benzene rings is 1. The first-order valence-corrected chi connectivity index (χ1v) is 7.76. The van der Waals surface area contributed by atoms with Crippen molar-refractivity contribution in [2.75, 3.05) is 13.1 Å². The number of urea groups is 1. The summed E-state index contributed by atoms with van der Waals surface area (Å²) >= 11 is 0. The largest absolute Gasteiger partial charge is 0.335 e. The third-order valence-electron chi connectivity index (χ3n) is 3.74. The highest BCUT2D eigenvalue weighted by atomic mass is 16.2. The first kappa shape index (κ1) is 15.6. The van der Waals surface area contributed by atoms with E-state index in [9.17, 15) is 4.79 Å². The predicted molar refractivity (Wildman–Crippen MR) is 85.8 cm³/mol. The zero-order valence-electron chi connectivity index (χ0n) is 12.7. The molecule has 1 aromatic carbocycles. The normalized spacial score (nSPS) is 17.0. The molecule has 4 nitrogen and oxygen atoms in total. The van der Waals surface area contributed by atoms with E-state index in [0.717, 1.165) is 38.9 Å². The van der Waals surface area contributed by atoms with Gasteiger partial charge in [0.2, 0.25) is 0 Å². The lowest BCUT2D eigenvalue weighted by Gasteiger charge is -2.32. The van der Waals surface area contributed by atoms with Gasteiger partial charge in [0.05, 0.1) is 0 Å². The number of piperidine rings is 1. The maximum atomic E-state index is 11.7. The number of allylic oxidation sites excluding steroid dienone is 1. The molecule has 0 aliphatic carbocycles. The summed E-state index contributed by atoms with van der Waals surface area (Å²) in [4.78, 5) is 14.1. The van der Waals surface area contributed by atoms with Crippen molar-refractivity contribution in [3.63, 3.8) is 0 Å². The fourth-order valence-corrected chi connectivity index (χ4v) is 2.56. The minimum absolute atomic E-state index is 0.0961. The molecule has 4 heteroatoms. The van der Waals surface area contributed by atoms with E-state index in [1.165, 1.54) is 5.56 Å². The molecule has 0 bridgehead atoms. The van der Waals surface area contributed by atoms with E-state index in [-0.39, 0.29) is 12.1 Å². The summed E-state index contributed by atoms with van der Waals surface area (Å²) in [6, 6.07) is 10.7. The molecule has 1 saturated heterocycles. The topological polar surface area (TPSA) is 44.4 Å². The number of nitrogens with zero attached hydrogens (tertiary/aromatic N) is 1. The summed E-state index contributed by atoms with van der Waals surface area (Å²) in [7, 11) is 0. The minimum atomic E-state index is -0.0961. The molecule has 0 unspecified atom stereocenters. The van der Waals surface area contributed by atoms with E-state index in [0.29, 0.717) is 0 Å². The smallest absolute Gasteiger partial charge is 0.318 e. The van der Waals surface area contributed by atoms with Crippen molar-refractivity contribution >= 4 is 6.03 Å². The molecular formula is C17H25N3O. The molecule has 0 saturated carbocycles. The summed E-state index contributed by atoms with van der Waals surface area (Å²) < 4.78 is 0. The van der Waals surface area contributed by atoms with Crippen LogP contribution < -0.4 is 10.6 Å². The monoisotopic (exact) mass is 287 g/mol. The lowest BCUT2D eigenvalue weighted by molar-refractivity contribution is 0.187. The Labute approximate surface area is 127 Å². The Morgan fingerprint density at radius 1 is 1.29 bits per heavy atom. The second-order valence-electron chi connectivity index (χ2n) is 5.46. The summed E-state index contributed by atoms with van der Waals surface area (Å²) in [5, 5.41) is 5.77. The number of rotatable bonds is 5. The summed E-state index contributed by atoms with van der Waals surface area (Å²) in [5.41, 5.74) is 1.35. The molecule has 0 atom stereocenters. The van der Waals surface area contributed by atoms with E-state index in [4.69, 9.17) is 0 Å². The molecule has 1 aliphatic heterocycles. The van der Waals surface area contributed by atoms with Gasteiger partial charge in [-0.3, -0.25) is 4.90 Å². The molecular weight excluding hydrogens is 262 g/mol. The van der Waals surface area contributed by atoms with Gasteiger partial charge in [-0.05, 0) is 24.8 Å². The fourth-order valence-electron chi connectivity index (χ4n) is 2.56. The van der Waals surface area contributed by atoms with Gasteiger partial charge in [0, 0.05) is 31.9 Å². The Bertz CT molecular complexity index is 450. The van der Waals surface area contributed by atoms with Gasteiger partial charge in [0.1, 0.15) is 0 Å². The third kappa shape index (κ3) is 5.60. The molecule has 0 spiro atoms. The minimum Gasteiger partial charge on any atom is -0.335 e. The Kier molecular flexibility index (Phi) is 6.28. The quantitative estimate of drug-likeness (QED) is 0.874. The van der Waals surface area contributed by atoms with Crippen molar-refractivity contribution in [3.8, 4) is 0 Å². The van der Waals surface area contributed by atoms with Gasteiger partial charge in [-0.15, -0.1) is 0 Å². The molecule has 114 valence electrons. The first-order chi connectivity index (χ1) is 10.3. The van der Waals surface area contributed by atoms with E-state index in [1.54, 1.807) is 6.20 Å². The molecule has 1 aromatic rings. The summed E-state index contributed by atoms with van der Waals surface area (Å²) in [6.45, 7) is 5.10. The SMILES string of the molecule is CC/C=C/NC(=O)NC1CCN(Cc2ccccc2)CC1. The molecule has 2 amide bonds. The highest BCUT2D eigenvalue weighted by Crippen LogP contribution is 2.13. The Balaban J connectivity index is 1.68. The van der Waals surface area contributed by atoms with Crippen molar-refractivity contribution in [1.82, 2.24) is 15.5 Å². The third-order valence-corrected chi connectivity index (χ3v) is 3.74. The maximum Gasteiger partial charge on any atom is 0.318 e. The van der Waals surface area contributed by atoms with Crippen LogP contribution >= 0.6 is 0 Å². The van der Waals surface area contributed by atoms with Crippen molar-refractivity contribution in [2.45, 2.75) is 38.8 Å². The maximum absolute atomic E-state index is 11.7. The second-order valence-corrected chi connectivity index (χ2v) is 5.46. The van der Waals surface area contributed by atoms with Crippen LogP contribution in [0, 0.1) is 0 Å². The first-order valence-electron chi connectivity index (χ1n) is 7.76. The average molecular weight is 287 g/mol. The Morgan fingerprint density at radius 3 is 2.67 bits per heavy atom. The van der Waals surface area contributed by atoms with Gasteiger partial charge in [0.15, 0.2) is 0 Å². The van der Waals surface area contributed by atoms with E-state index >= 15 is 0 Å². The number of hydrogen-bond acceptors (Lipinski definition) is 2. The Morgan fingerprint density at radius 2 is 2.00 bits per heavy atom. The zero-order chi connectivity index (χ0) is 14.9. The highest BCUT2D eigenvalue weighted by Gasteiger charge is 2.20. The lowest BCUT2D eigenvalue weighted by Crippen LogP contribution is -2.46. The Hall–Kier alpha value is -1.81. The molecule has 1 fully saturated rings. The molecule has 2 rings (SSSR count). The molecule has 0 aromatic heterocycles. The van der Waals surface area contributed by atoms with Gasteiger partial charge in [-0.25, -0.2) is 4.79 Å². The van der Waals surface area contributed by atoms with Crippen LogP contribution in [0.3, 0.4) is 0 Å². The van der Waals surface area contributed by atoms with Crippen LogP contribution in [0.15, 0.2) is 42.6 Å². The van der Waals surface area contributed by atoms with Crippen LogP contribution in [0.5, 0.6) is 0 Å². The summed E-state index contributed by atoms with van der Waals surface area (Å²) in [6.07, 6.45) is 6.59. The van der Waals surface area contributed by atoms with Crippen LogP contribution in [0.1, 0.15) is 31.7 Å². The second kappa shape index (κ2) is 8.47. The number of carbonyl (C=O) groups is 1.